The third kappa shape index (κ3) is 4.64. The van der Waals surface area contributed by atoms with Gasteiger partial charge in [0.1, 0.15) is 5.82 Å². The Kier molecular flexibility index (Phi) is 6.09. The molecule has 2 aromatic carbocycles. The van der Waals surface area contributed by atoms with Gasteiger partial charge in [0.05, 0.1) is 5.56 Å². The molecule has 2 rings (SSSR count). The number of carbonyl (C=O) groups is 2. The number of halogens is 2. The van der Waals surface area contributed by atoms with Crippen LogP contribution in [-0.4, -0.2) is 30.4 Å². The number of ether oxygens (including phenoxy) is 1. The van der Waals surface area contributed by atoms with E-state index in [9.17, 15) is 14.0 Å². The Balaban J connectivity index is 1.93. The minimum atomic E-state index is -0.751. The maximum absolute atomic E-state index is 13.2. The Morgan fingerprint density at radius 2 is 1.92 bits per heavy atom. The van der Waals surface area contributed by atoms with Crippen molar-refractivity contribution < 1.29 is 18.7 Å². The van der Waals surface area contributed by atoms with Crippen molar-refractivity contribution in [2.24, 2.45) is 0 Å². The number of amides is 1. The van der Waals surface area contributed by atoms with Gasteiger partial charge in [-0.3, -0.25) is 4.79 Å². The monoisotopic (exact) mass is 393 g/mol. The van der Waals surface area contributed by atoms with Gasteiger partial charge < -0.3 is 9.64 Å². The highest BCUT2D eigenvalue weighted by molar-refractivity contribution is 9.10. The van der Waals surface area contributed by atoms with Crippen LogP contribution in [0.3, 0.4) is 0 Å². The first-order valence-electron chi connectivity index (χ1n) is 7.29. The zero-order chi connectivity index (χ0) is 17.7. The fraction of sp³-hybridized carbons (Fsp3) is 0.222. The average molecular weight is 394 g/mol. The lowest BCUT2D eigenvalue weighted by molar-refractivity contribution is -0.133. The molecule has 2 aromatic rings. The number of nitrogens with zero attached hydrogens (tertiary/aromatic N) is 1. The van der Waals surface area contributed by atoms with E-state index in [1.807, 2.05) is 31.2 Å². The van der Waals surface area contributed by atoms with Crippen LogP contribution in [0.4, 0.5) is 4.39 Å². The fourth-order valence-electron chi connectivity index (χ4n) is 2.10. The van der Waals surface area contributed by atoms with Crippen LogP contribution in [-0.2, 0) is 16.1 Å². The summed E-state index contributed by atoms with van der Waals surface area (Å²) in [7, 11) is 1.64. The summed E-state index contributed by atoms with van der Waals surface area (Å²) in [4.78, 5) is 25.6. The van der Waals surface area contributed by atoms with Crippen LogP contribution in [0.15, 0.2) is 46.9 Å². The normalized spacial score (nSPS) is 10.3. The van der Waals surface area contributed by atoms with Gasteiger partial charge in [0.15, 0.2) is 6.61 Å². The molecule has 0 saturated heterocycles. The Morgan fingerprint density at radius 3 is 2.62 bits per heavy atom. The minimum absolute atomic E-state index is 0.0457. The molecule has 4 nitrogen and oxygen atoms in total. The third-order valence-electron chi connectivity index (χ3n) is 3.57. The molecule has 0 unspecified atom stereocenters. The lowest BCUT2D eigenvalue weighted by atomic mass is 10.1. The van der Waals surface area contributed by atoms with Crippen LogP contribution in [0, 0.1) is 12.7 Å². The zero-order valence-corrected chi connectivity index (χ0v) is 15.0. The van der Waals surface area contributed by atoms with Crippen molar-refractivity contribution in [3.05, 3.63) is 69.4 Å². The van der Waals surface area contributed by atoms with E-state index in [0.717, 1.165) is 17.2 Å². The van der Waals surface area contributed by atoms with E-state index in [-0.39, 0.29) is 11.5 Å². The first-order valence-corrected chi connectivity index (χ1v) is 8.08. The molecule has 0 fully saturated rings. The summed E-state index contributed by atoms with van der Waals surface area (Å²) in [6.45, 7) is 1.99. The van der Waals surface area contributed by atoms with Gasteiger partial charge in [-0.1, -0.05) is 24.3 Å². The molecule has 126 valence electrons. The molecule has 0 aliphatic carbocycles. The van der Waals surface area contributed by atoms with Crippen molar-refractivity contribution in [1.82, 2.24) is 4.90 Å². The maximum atomic E-state index is 13.2. The highest BCUT2D eigenvalue weighted by atomic mass is 79.9. The number of rotatable bonds is 5. The molecule has 0 spiro atoms. The molecule has 0 atom stereocenters. The molecule has 0 aliphatic heterocycles. The van der Waals surface area contributed by atoms with Crippen molar-refractivity contribution in [3.8, 4) is 0 Å². The number of aryl methyl sites for hydroxylation is 1. The van der Waals surface area contributed by atoms with Gasteiger partial charge in [-0.25, -0.2) is 9.18 Å². The molecule has 0 aromatic heterocycles. The summed E-state index contributed by atoms with van der Waals surface area (Å²) in [6, 6.07) is 11.4. The molecular formula is C18H17BrFNO3. The summed E-state index contributed by atoms with van der Waals surface area (Å²) in [5, 5.41) is 0. The number of carbonyl (C=O) groups excluding carboxylic acids is 2. The molecule has 0 bridgehead atoms. The molecule has 0 N–H and O–H groups in total. The standard InChI is InChI=1S/C18H17BrFNO3/c1-12-5-3-4-6-13(12)10-21(2)17(22)11-24-18(23)15-9-14(20)7-8-16(15)19/h3-9H,10-11H2,1-2H3. The minimum Gasteiger partial charge on any atom is -0.452 e. The number of benzene rings is 2. The van der Waals surface area contributed by atoms with E-state index in [2.05, 4.69) is 15.9 Å². The molecule has 0 saturated carbocycles. The molecule has 1 amide bonds. The highest BCUT2D eigenvalue weighted by Crippen LogP contribution is 2.19. The number of esters is 1. The second-order valence-corrected chi connectivity index (χ2v) is 6.23. The first-order chi connectivity index (χ1) is 11.4. The van der Waals surface area contributed by atoms with E-state index in [1.54, 1.807) is 7.05 Å². The van der Waals surface area contributed by atoms with Crippen LogP contribution >= 0.6 is 15.9 Å². The molecule has 0 heterocycles. The molecule has 0 radical (unpaired) electrons. The number of likely N-dealkylation sites (N-methyl/N-ethyl adjacent to an activating group) is 1. The summed E-state index contributed by atoms with van der Waals surface area (Å²) in [5.74, 6) is -1.63. The number of hydrogen-bond donors (Lipinski definition) is 0. The molecule has 0 aliphatic rings. The molecular weight excluding hydrogens is 377 g/mol. The van der Waals surface area contributed by atoms with Crippen molar-refractivity contribution in [3.63, 3.8) is 0 Å². The lowest BCUT2D eigenvalue weighted by Gasteiger charge is -2.18. The van der Waals surface area contributed by atoms with Gasteiger partial charge in [-0.2, -0.15) is 0 Å². The summed E-state index contributed by atoms with van der Waals surface area (Å²) in [5.41, 5.74) is 2.15. The van der Waals surface area contributed by atoms with Gasteiger partial charge in [-0.05, 0) is 52.2 Å². The van der Waals surface area contributed by atoms with Crippen LogP contribution in [0.5, 0.6) is 0 Å². The van der Waals surface area contributed by atoms with Crippen LogP contribution in [0.2, 0.25) is 0 Å². The quantitative estimate of drug-likeness (QED) is 0.727. The third-order valence-corrected chi connectivity index (χ3v) is 4.26. The Hall–Kier alpha value is -2.21. The van der Waals surface area contributed by atoms with E-state index in [1.165, 1.54) is 17.0 Å². The van der Waals surface area contributed by atoms with Crippen LogP contribution < -0.4 is 0 Å². The van der Waals surface area contributed by atoms with E-state index >= 15 is 0 Å². The second-order valence-electron chi connectivity index (χ2n) is 5.38. The summed E-state index contributed by atoms with van der Waals surface area (Å²) < 4.78 is 18.6. The van der Waals surface area contributed by atoms with Crippen molar-refractivity contribution in [2.45, 2.75) is 13.5 Å². The van der Waals surface area contributed by atoms with Crippen molar-refractivity contribution >= 4 is 27.8 Å². The summed E-state index contributed by atoms with van der Waals surface area (Å²) in [6.07, 6.45) is 0. The maximum Gasteiger partial charge on any atom is 0.339 e. The number of hydrogen-bond acceptors (Lipinski definition) is 3. The van der Waals surface area contributed by atoms with E-state index < -0.39 is 18.4 Å². The smallest absolute Gasteiger partial charge is 0.339 e. The first kappa shape index (κ1) is 18.1. The largest absolute Gasteiger partial charge is 0.452 e. The Labute approximate surface area is 148 Å². The average Bonchev–Trinajstić information content (AvgIpc) is 2.56. The van der Waals surface area contributed by atoms with Gasteiger partial charge in [0.25, 0.3) is 5.91 Å². The summed E-state index contributed by atoms with van der Waals surface area (Å²) >= 11 is 3.16. The van der Waals surface area contributed by atoms with Crippen molar-refractivity contribution in [2.75, 3.05) is 13.7 Å². The Morgan fingerprint density at radius 1 is 1.21 bits per heavy atom. The SMILES string of the molecule is Cc1ccccc1CN(C)C(=O)COC(=O)c1cc(F)ccc1Br. The predicted octanol–water partition coefficient (Wildman–Crippen LogP) is 3.71. The highest BCUT2D eigenvalue weighted by Gasteiger charge is 2.16. The van der Waals surface area contributed by atoms with Gasteiger partial charge in [0.2, 0.25) is 0 Å². The lowest BCUT2D eigenvalue weighted by Crippen LogP contribution is -2.31. The van der Waals surface area contributed by atoms with Crippen LogP contribution in [0.25, 0.3) is 0 Å². The van der Waals surface area contributed by atoms with Gasteiger partial charge in [0, 0.05) is 18.1 Å². The Bertz CT molecular complexity index is 764. The predicted molar refractivity (Wildman–Crippen MR) is 92.0 cm³/mol. The zero-order valence-electron chi connectivity index (χ0n) is 13.4. The van der Waals surface area contributed by atoms with Gasteiger partial charge in [-0.15, -0.1) is 0 Å². The second kappa shape index (κ2) is 8.06. The van der Waals surface area contributed by atoms with Gasteiger partial charge >= 0.3 is 5.97 Å². The topological polar surface area (TPSA) is 46.6 Å². The van der Waals surface area contributed by atoms with E-state index in [4.69, 9.17) is 4.74 Å². The molecule has 24 heavy (non-hydrogen) atoms. The van der Waals surface area contributed by atoms with Crippen molar-refractivity contribution in [1.29, 1.82) is 0 Å². The molecule has 6 heteroatoms. The van der Waals surface area contributed by atoms with E-state index in [0.29, 0.717) is 11.0 Å². The van der Waals surface area contributed by atoms with Crippen LogP contribution in [0.1, 0.15) is 21.5 Å². The fourth-order valence-corrected chi connectivity index (χ4v) is 2.51.